The molecule has 3 aliphatic rings. The van der Waals surface area contributed by atoms with Crippen molar-refractivity contribution in [3.63, 3.8) is 0 Å². The molecule has 0 unspecified atom stereocenters. The lowest BCUT2D eigenvalue weighted by Gasteiger charge is -2.42. The quantitative estimate of drug-likeness (QED) is 0.194. The van der Waals surface area contributed by atoms with Crippen LogP contribution in [0.5, 0.6) is 28.7 Å². The number of ether oxygens (including phenoxy) is 7. The summed E-state index contributed by atoms with van der Waals surface area (Å²) in [5.41, 5.74) is 7.34. The van der Waals surface area contributed by atoms with Crippen molar-refractivity contribution in [2.24, 2.45) is 5.73 Å². The number of esters is 1. The predicted molar refractivity (Wildman–Crippen MR) is 136 cm³/mol. The third-order valence-electron chi connectivity index (χ3n) is 7.29. The zero-order chi connectivity index (χ0) is 29.4. The number of carboxylic acids is 1. The molecule has 0 aromatic heterocycles. The molecule has 1 saturated heterocycles. The molecule has 0 aliphatic carbocycles. The van der Waals surface area contributed by atoms with Crippen LogP contribution in [0.2, 0.25) is 0 Å². The molecule has 41 heavy (non-hydrogen) atoms. The average Bonchev–Trinajstić information content (AvgIpc) is 3.34. The first-order valence-electron chi connectivity index (χ1n) is 12.8. The molecule has 14 heteroatoms. The Hall–Kier alpha value is -3.82. The Kier molecular flexibility index (Phi) is 8.11. The lowest BCUT2D eigenvalue weighted by Crippen LogP contribution is -2.63. The van der Waals surface area contributed by atoms with Gasteiger partial charge in [-0.05, 0) is 18.2 Å². The van der Waals surface area contributed by atoms with Gasteiger partial charge in [0.05, 0.1) is 26.7 Å². The molecule has 2 aromatic rings. The SMILES string of the molecule is COc1ccc2c(c1OC)O[C@H]1c3ccc(O[C@@H]4O[C@H]([C@H](CN)OC(=O)CC(=O)O)[C@@H](O)[C@H](O)[C@H]4O)cc3OC[C@@H]21. The summed E-state index contributed by atoms with van der Waals surface area (Å²) in [6.07, 6.45) is -10.7. The number of hydrogen-bond donors (Lipinski definition) is 5. The Bertz CT molecular complexity index is 1300. The van der Waals surface area contributed by atoms with Crippen LogP contribution in [0.1, 0.15) is 29.6 Å². The van der Waals surface area contributed by atoms with Crippen LogP contribution in [-0.2, 0) is 19.1 Å². The van der Waals surface area contributed by atoms with E-state index in [1.54, 1.807) is 25.3 Å². The molecule has 5 rings (SSSR count). The van der Waals surface area contributed by atoms with Crippen molar-refractivity contribution in [1.82, 2.24) is 0 Å². The van der Waals surface area contributed by atoms with Crippen LogP contribution < -0.4 is 29.4 Å². The Morgan fingerprint density at radius 1 is 1.05 bits per heavy atom. The van der Waals surface area contributed by atoms with E-state index in [2.05, 4.69) is 0 Å². The van der Waals surface area contributed by atoms with Gasteiger partial charge >= 0.3 is 11.9 Å². The number of carbonyl (C=O) groups is 2. The normalized spacial score (nSPS) is 28.6. The molecule has 14 nitrogen and oxygen atoms in total. The zero-order valence-corrected chi connectivity index (χ0v) is 22.2. The molecular formula is C27H31NO13. The average molecular weight is 578 g/mol. The van der Waals surface area contributed by atoms with Crippen LogP contribution in [0.15, 0.2) is 30.3 Å². The van der Waals surface area contributed by atoms with Crippen molar-refractivity contribution in [3.8, 4) is 28.7 Å². The molecule has 0 spiro atoms. The largest absolute Gasteiger partial charge is 0.493 e. The van der Waals surface area contributed by atoms with E-state index in [-0.39, 0.29) is 24.3 Å². The van der Waals surface area contributed by atoms with Gasteiger partial charge in [0.2, 0.25) is 12.0 Å². The second-order valence-corrected chi connectivity index (χ2v) is 9.77. The third kappa shape index (κ3) is 5.31. The molecule has 6 N–H and O–H groups in total. The fraction of sp³-hybridized carbons (Fsp3) is 0.481. The van der Waals surface area contributed by atoms with Gasteiger partial charge in [0.25, 0.3) is 0 Å². The summed E-state index contributed by atoms with van der Waals surface area (Å²) >= 11 is 0. The van der Waals surface area contributed by atoms with Crippen molar-refractivity contribution >= 4 is 11.9 Å². The van der Waals surface area contributed by atoms with Gasteiger partial charge in [-0.2, -0.15) is 0 Å². The Morgan fingerprint density at radius 3 is 2.49 bits per heavy atom. The van der Waals surface area contributed by atoms with E-state index in [4.69, 9.17) is 44.0 Å². The fourth-order valence-electron chi connectivity index (χ4n) is 5.28. The molecule has 0 saturated carbocycles. The second kappa shape index (κ2) is 11.6. The molecule has 222 valence electrons. The number of rotatable bonds is 9. The number of nitrogens with two attached hydrogens (primary N) is 1. The minimum Gasteiger partial charge on any atom is -0.493 e. The van der Waals surface area contributed by atoms with E-state index >= 15 is 0 Å². The second-order valence-electron chi connectivity index (χ2n) is 9.77. The van der Waals surface area contributed by atoms with Crippen LogP contribution in [0.3, 0.4) is 0 Å². The first kappa shape index (κ1) is 28.7. The van der Waals surface area contributed by atoms with Crippen molar-refractivity contribution in [2.45, 2.75) is 55.3 Å². The molecule has 0 amide bonds. The number of aliphatic hydroxyl groups is 3. The minimum absolute atomic E-state index is 0.0954. The standard InChI is InChI=1S/C27H31NO13/c1-35-15-6-5-12-14-10-37-16-7-11(3-4-13(16)23(14)40-24(12)26(15)36-2)38-27-22(34)20(32)21(33)25(41-27)17(9-28)39-19(31)8-18(29)30/h3-7,14,17,20-23,25,27,32-34H,8-10,28H2,1-2H3,(H,29,30)/t14-,17-,20-,21-,22+,23-,25+,27+/m0/s1. The van der Waals surface area contributed by atoms with E-state index in [9.17, 15) is 24.9 Å². The van der Waals surface area contributed by atoms with Gasteiger partial charge in [-0.3, -0.25) is 9.59 Å². The van der Waals surface area contributed by atoms with E-state index < -0.39 is 55.2 Å². The summed E-state index contributed by atoms with van der Waals surface area (Å²) in [6, 6.07) is 8.65. The molecule has 3 heterocycles. The van der Waals surface area contributed by atoms with Crippen LogP contribution in [0.4, 0.5) is 0 Å². The zero-order valence-electron chi connectivity index (χ0n) is 22.2. The summed E-state index contributed by atoms with van der Waals surface area (Å²) in [4.78, 5) is 22.7. The van der Waals surface area contributed by atoms with Gasteiger partial charge in [0.1, 0.15) is 54.5 Å². The highest BCUT2D eigenvalue weighted by atomic mass is 16.7. The highest BCUT2D eigenvalue weighted by Crippen LogP contribution is 2.56. The highest BCUT2D eigenvalue weighted by molar-refractivity contribution is 5.90. The third-order valence-corrected chi connectivity index (χ3v) is 7.29. The first-order valence-corrected chi connectivity index (χ1v) is 12.8. The lowest BCUT2D eigenvalue weighted by molar-refractivity contribution is -0.288. The maximum atomic E-state index is 11.9. The minimum atomic E-state index is -1.75. The summed E-state index contributed by atoms with van der Waals surface area (Å²) in [5, 5.41) is 40.3. The Morgan fingerprint density at radius 2 is 1.80 bits per heavy atom. The van der Waals surface area contributed by atoms with Crippen LogP contribution >= 0.6 is 0 Å². The molecule has 0 radical (unpaired) electrons. The van der Waals surface area contributed by atoms with Crippen LogP contribution in [-0.4, -0.2) is 96.5 Å². The van der Waals surface area contributed by atoms with E-state index in [1.807, 2.05) is 12.1 Å². The van der Waals surface area contributed by atoms with Crippen molar-refractivity contribution in [2.75, 3.05) is 27.4 Å². The molecule has 0 bridgehead atoms. The van der Waals surface area contributed by atoms with Gasteiger partial charge in [0.15, 0.2) is 11.5 Å². The van der Waals surface area contributed by atoms with E-state index in [0.29, 0.717) is 29.6 Å². The number of carbonyl (C=O) groups excluding carboxylic acids is 1. The number of benzene rings is 2. The lowest BCUT2D eigenvalue weighted by atomic mass is 9.89. The van der Waals surface area contributed by atoms with Gasteiger partial charge < -0.3 is 59.3 Å². The highest BCUT2D eigenvalue weighted by Gasteiger charge is 2.49. The predicted octanol–water partition coefficient (Wildman–Crippen LogP) is -0.155. The summed E-state index contributed by atoms with van der Waals surface area (Å²) in [5.74, 6) is -0.345. The van der Waals surface area contributed by atoms with E-state index in [1.165, 1.54) is 7.11 Å². The molecular weight excluding hydrogens is 546 g/mol. The molecule has 2 aromatic carbocycles. The van der Waals surface area contributed by atoms with Gasteiger partial charge in [-0.25, -0.2) is 0 Å². The number of methoxy groups -OCH3 is 2. The molecule has 3 aliphatic heterocycles. The monoisotopic (exact) mass is 577 g/mol. The molecule has 8 atom stereocenters. The Labute approximate surface area is 234 Å². The maximum absolute atomic E-state index is 11.9. The Balaban J connectivity index is 1.33. The van der Waals surface area contributed by atoms with Gasteiger partial charge in [-0.15, -0.1) is 0 Å². The fourth-order valence-corrected chi connectivity index (χ4v) is 5.28. The summed E-state index contributed by atoms with van der Waals surface area (Å²) in [6.45, 7) is -0.0596. The molecule has 1 fully saturated rings. The summed E-state index contributed by atoms with van der Waals surface area (Å²) < 4.78 is 39.8. The first-order chi connectivity index (χ1) is 19.7. The van der Waals surface area contributed by atoms with Crippen molar-refractivity contribution in [3.05, 3.63) is 41.5 Å². The van der Waals surface area contributed by atoms with Gasteiger partial charge in [-0.1, -0.05) is 6.07 Å². The maximum Gasteiger partial charge on any atom is 0.317 e. The van der Waals surface area contributed by atoms with Gasteiger partial charge in [0, 0.05) is 23.7 Å². The topological polar surface area (TPSA) is 206 Å². The van der Waals surface area contributed by atoms with E-state index in [0.717, 1.165) is 11.1 Å². The van der Waals surface area contributed by atoms with Crippen molar-refractivity contribution < 1.29 is 63.2 Å². The van der Waals surface area contributed by atoms with Crippen molar-refractivity contribution in [1.29, 1.82) is 0 Å². The number of aliphatic carboxylic acids is 1. The number of hydrogen-bond acceptors (Lipinski definition) is 13. The summed E-state index contributed by atoms with van der Waals surface area (Å²) in [7, 11) is 3.08. The van der Waals surface area contributed by atoms with Crippen LogP contribution in [0, 0.1) is 0 Å². The number of aliphatic hydroxyl groups excluding tert-OH is 3. The smallest absolute Gasteiger partial charge is 0.317 e. The van der Waals surface area contributed by atoms with Crippen LogP contribution in [0.25, 0.3) is 0 Å². The number of carboxylic acid groups (broad SMARTS) is 1. The number of fused-ring (bicyclic) bond motifs is 5.